The fourth-order valence-corrected chi connectivity index (χ4v) is 2.41. The van der Waals surface area contributed by atoms with Crippen molar-refractivity contribution in [1.29, 1.82) is 0 Å². The fraction of sp³-hybridized carbons (Fsp3) is 0.929. The minimum Gasteiger partial charge on any atom is -0.480 e. The summed E-state index contributed by atoms with van der Waals surface area (Å²) < 4.78 is 5.15. The molecule has 3 atom stereocenters. The third-order valence-electron chi connectivity index (χ3n) is 4.07. The highest BCUT2D eigenvalue weighted by Gasteiger charge is 2.40. The molecule has 112 valence electrons. The van der Waals surface area contributed by atoms with Gasteiger partial charge in [-0.25, -0.2) is 0 Å². The molecular weight excluding hydrogens is 244 g/mol. The average molecular weight is 272 g/mol. The Morgan fingerprint density at radius 2 is 2.05 bits per heavy atom. The van der Waals surface area contributed by atoms with E-state index < -0.39 is 11.5 Å². The number of methoxy groups -OCH3 is 1. The number of carboxylic acid groups (broad SMARTS) is 1. The zero-order chi connectivity index (χ0) is 14.6. The first-order valence-corrected chi connectivity index (χ1v) is 7.02. The number of nitrogens with zero attached hydrogens (tertiary/aromatic N) is 1. The molecule has 2 N–H and O–H groups in total. The Bertz CT molecular complexity index is 307. The van der Waals surface area contributed by atoms with Crippen LogP contribution in [0.5, 0.6) is 0 Å². The smallest absolute Gasteiger partial charge is 0.323 e. The summed E-state index contributed by atoms with van der Waals surface area (Å²) in [4.78, 5) is 13.7. The molecule has 0 aromatic rings. The first-order chi connectivity index (χ1) is 8.80. The highest BCUT2D eigenvalue weighted by Crippen LogP contribution is 2.26. The van der Waals surface area contributed by atoms with E-state index >= 15 is 0 Å². The third kappa shape index (κ3) is 4.75. The van der Waals surface area contributed by atoms with E-state index in [1.54, 1.807) is 14.0 Å². The van der Waals surface area contributed by atoms with Crippen molar-refractivity contribution in [3.63, 3.8) is 0 Å². The molecule has 0 heterocycles. The number of nitrogens with one attached hydrogen (secondary N) is 1. The van der Waals surface area contributed by atoms with Crippen LogP contribution in [0.2, 0.25) is 0 Å². The third-order valence-corrected chi connectivity index (χ3v) is 4.07. The van der Waals surface area contributed by atoms with Crippen molar-refractivity contribution < 1.29 is 14.6 Å². The maximum Gasteiger partial charge on any atom is 0.323 e. The molecule has 0 aromatic carbocycles. The monoisotopic (exact) mass is 272 g/mol. The predicted octanol–water partition coefficient (Wildman–Crippen LogP) is 1.33. The van der Waals surface area contributed by atoms with Crippen LogP contribution in [-0.4, -0.2) is 60.4 Å². The van der Waals surface area contributed by atoms with Crippen molar-refractivity contribution in [3.8, 4) is 0 Å². The van der Waals surface area contributed by atoms with Crippen LogP contribution < -0.4 is 5.32 Å². The van der Waals surface area contributed by atoms with Gasteiger partial charge in [0.25, 0.3) is 0 Å². The van der Waals surface area contributed by atoms with Gasteiger partial charge in [0.1, 0.15) is 5.54 Å². The van der Waals surface area contributed by atoms with Crippen LogP contribution in [0.1, 0.15) is 40.0 Å². The van der Waals surface area contributed by atoms with Gasteiger partial charge in [0, 0.05) is 25.2 Å². The van der Waals surface area contributed by atoms with Gasteiger partial charge in [-0.05, 0) is 47.1 Å². The lowest BCUT2D eigenvalue weighted by Crippen LogP contribution is -2.55. The topological polar surface area (TPSA) is 61.8 Å². The lowest BCUT2D eigenvalue weighted by molar-refractivity contribution is -0.145. The van der Waals surface area contributed by atoms with Gasteiger partial charge in [-0.2, -0.15) is 0 Å². The minimum absolute atomic E-state index is 0.178. The molecule has 5 nitrogen and oxygen atoms in total. The van der Waals surface area contributed by atoms with E-state index in [0.29, 0.717) is 19.1 Å². The van der Waals surface area contributed by atoms with Crippen LogP contribution in [0.3, 0.4) is 0 Å². The highest BCUT2D eigenvalue weighted by atomic mass is 16.5. The molecule has 0 aromatic heterocycles. The van der Waals surface area contributed by atoms with E-state index in [4.69, 9.17) is 4.74 Å². The Hall–Kier alpha value is -0.650. The standard InChI is InChI=1S/C14H28N2O3/c1-10(16(4)11(2)9-19-5)8-14(3,13(17)18)15-12-6-7-12/h10-12,15H,6-9H2,1-5H3,(H,17,18). The minimum atomic E-state index is -0.846. The van der Waals surface area contributed by atoms with Crippen LogP contribution in [-0.2, 0) is 9.53 Å². The number of carbonyl (C=O) groups is 1. The van der Waals surface area contributed by atoms with Crippen LogP contribution in [0.4, 0.5) is 0 Å². The molecule has 1 aliphatic carbocycles. The van der Waals surface area contributed by atoms with Crippen molar-refractivity contribution >= 4 is 5.97 Å². The Kier molecular flexibility index (Phi) is 5.77. The van der Waals surface area contributed by atoms with Gasteiger partial charge in [-0.15, -0.1) is 0 Å². The van der Waals surface area contributed by atoms with E-state index in [2.05, 4.69) is 24.1 Å². The first kappa shape index (κ1) is 16.4. The van der Waals surface area contributed by atoms with Crippen molar-refractivity contribution in [1.82, 2.24) is 10.2 Å². The van der Waals surface area contributed by atoms with Gasteiger partial charge < -0.3 is 9.84 Å². The molecule has 0 radical (unpaired) electrons. The molecule has 0 amide bonds. The Morgan fingerprint density at radius 1 is 1.47 bits per heavy atom. The van der Waals surface area contributed by atoms with Gasteiger partial charge in [0.2, 0.25) is 0 Å². The maximum absolute atomic E-state index is 11.5. The molecule has 1 aliphatic rings. The molecule has 1 fully saturated rings. The van der Waals surface area contributed by atoms with E-state index in [1.807, 2.05) is 7.05 Å². The summed E-state index contributed by atoms with van der Waals surface area (Å²) in [6.07, 6.45) is 2.77. The van der Waals surface area contributed by atoms with Crippen LogP contribution in [0, 0.1) is 0 Å². The molecule has 3 unspecified atom stereocenters. The summed E-state index contributed by atoms with van der Waals surface area (Å²) in [7, 11) is 3.71. The molecular formula is C14H28N2O3. The Labute approximate surface area is 116 Å². The average Bonchev–Trinajstić information content (AvgIpc) is 3.11. The summed E-state index contributed by atoms with van der Waals surface area (Å²) >= 11 is 0. The lowest BCUT2D eigenvalue weighted by atomic mass is 9.92. The second kappa shape index (κ2) is 6.68. The zero-order valence-electron chi connectivity index (χ0n) is 12.8. The van der Waals surface area contributed by atoms with Crippen molar-refractivity contribution in [2.75, 3.05) is 20.8 Å². The summed E-state index contributed by atoms with van der Waals surface area (Å²) in [5.74, 6) is -0.765. The highest BCUT2D eigenvalue weighted by molar-refractivity contribution is 5.78. The van der Waals surface area contributed by atoms with Gasteiger partial charge >= 0.3 is 5.97 Å². The van der Waals surface area contributed by atoms with Gasteiger partial charge in [-0.3, -0.25) is 15.0 Å². The predicted molar refractivity (Wildman–Crippen MR) is 75.4 cm³/mol. The van der Waals surface area contributed by atoms with Crippen LogP contribution >= 0.6 is 0 Å². The lowest BCUT2D eigenvalue weighted by Gasteiger charge is -2.36. The Balaban J connectivity index is 2.59. The normalized spacial score (nSPS) is 22.0. The van der Waals surface area contributed by atoms with Crippen molar-refractivity contribution in [2.45, 2.75) is 63.7 Å². The number of hydrogen-bond donors (Lipinski definition) is 2. The summed E-state index contributed by atoms with van der Waals surface area (Å²) in [6.45, 7) is 6.61. The molecule has 19 heavy (non-hydrogen) atoms. The first-order valence-electron chi connectivity index (χ1n) is 7.02. The quantitative estimate of drug-likeness (QED) is 0.663. The summed E-state index contributed by atoms with van der Waals surface area (Å²) in [5, 5.41) is 12.7. The fourth-order valence-electron chi connectivity index (χ4n) is 2.41. The number of aliphatic carboxylic acids is 1. The van der Waals surface area contributed by atoms with Crippen LogP contribution in [0.15, 0.2) is 0 Å². The molecule has 5 heteroatoms. The van der Waals surface area contributed by atoms with E-state index in [1.165, 1.54) is 0 Å². The largest absolute Gasteiger partial charge is 0.480 e. The van der Waals surface area contributed by atoms with E-state index in [9.17, 15) is 9.90 Å². The molecule has 0 bridgehead atoms. The van der Waals surface area contributed by atoms with Crippen molar-refractivity contribution in [2.24, 2.45) is 0 Å². The maximum atomic E-state index is 11.5. The number of carboxylic acids is 1. The van der Waals surface area contributed by atoms with E-state index in [0.717, 1.165) is 12.8 Å². The number of likely N-dealkylation sites (N-methyl/N-ethyl adjacent to an activating group) is 1. The second-order valence-electron chi connectivity index (χ2n) is 6.08. The summed E-state index contributed by atoms with van der Waals surface area (Å²) in [5.41, 5.74) is -0.846. The Morgan fingerprint density at radius 3 is 2.47 bits per heavy atom. The molecule has 0 saturated heterocycles. The van der Waals surface area contributed by atoms with Crippen molar-refractivity contribution in [3.05, 3.63) is 0 Å². The molecule has 1 saturated carbocycles. The summed E-state index contributed by atoms with van der Waals surface area (Å²) in [6, 6.07) is 0.839. The van der Waals surface area contributed by atoms with Gasteiger partial charge in [0.15, 0.2) is 0 Å². The zero-order valence-corrected chi connectivity index (χ0v) is 12.8. The van der Waals surface area contributed by atoms with E-state index in [-0.39, 0.29) is 12.1 Å². The number of hydrogen-bond acceptors (Lipinski definition) is 4. The van der Waals surface area contributed by atoms with Crippen LogP contribution in [0.25, 0.3) is 0 Å². The molecule has 1 rings (SSSR count). The number of ether oxygens (including phenoxy) is 1. The molecule has 0 aliphatic heterocycles. The SMILES string of the molecule is COCC(C)N(C)C(C)CC(C)(NC1CC1)C(=O)O. The molecule has 0 spiro atoms. The second-order valence-corrected chi connectivity index (χ2v) is 6.08. The van der Waals surface area contributed by atoms with Gasteiger partial charge in [-0.1, -0.05) is 0 Å². The van der Waals surface area contributed by atoms with Gasteiger partial charge in [0.05, 0.1) is 6.61 Å². The number of rotatable bonds is 9.